The zero-order valence-electron chi connectivity index (χ0n) is 9.33. The van der Waals surface area contributed by atoms with Gasteiger partial charge in [0.1, 0.15) is 9.09 Å². The van der Waals surface area contributed by atoms with E-state index in [1.54, 1.807) is 5.01 Å². The summed E-state index contributed by atoms with van der Waals surface area (Å²) in [6, 6.07) is 2.57. The Hall–Kier alpha value is -1.00. The van der Waals surface area contributed by atoms with E-state index < -0.39 is 16.0 Å². The van der Waals surface area contributed by atoms with Crippen LogP contribution in [0.15, 0.2) is 16.3 Å². The number of carboxylic acids is 1. The van der Waals surface area contributed by atoms with Crippen molar-refractivity contribution in [1.82, 2.24) is 9.84 Å². The van der Waals surface area contributed by atoms with Crippen molar-refractivity contribution >= 4 is 27.3 Å². The van der Waals surface area contributed by atoms with Gasteiger partial charge in [0, 0.05) is 13.1 Å². The molecule has 9 heteroatoms. The third-order valence-electron chi connectivity index (χ3n) is 2.32. The highest BCUT2D eigenvalue weighted by Crippen LogP contribution is 2.21. The average Bonchev–Trinajstić information content (AvgIpc) is 2.79. The van der Waals surface area contributed by atoms with Gasteiger partial charge in [0.15, 0.2) is 0 Å². The fourth-order valence-electron chi connectivity index (χ4n) is 1.45. The molecule has 2 N–H and O–H groups in total. The first kappa shape index (κ1) is 13.4. The van der Waals surface area contributed by atoms with Gasteiger partial charge >= 0.3 is 5.97 Å². The molecule has 7 nitrogen and oxygen atoms in total. The average molecular weight is 292 g/mol. The van der Waals surface area contributed by atoms with Crippen molar-refractivity contribution in [2.24, 2.45) is 0 Å². The van der Waals surface area contributed by atoms with Crippen LogP contribution < -0.4 is 4.83 Å². The minimum atomic E-state index is -3.70. The smallest absolute Gasteiger partial charge is 0.345 e. The molecule has 1 aliphatic heterocycles. The van der Waals surface area contributed by atoms with Gasteiger partial charge in [0.25, 0.3) is 10.0 Å². The predicted molar refractivity (Wildman–Crippen MR) is 64.0 cm³/mol. The van der Waals surface area contributed by atoms with Gasteiger partial charge in [-0.3, -0.25) is 0 Å². The molecule has 0 unspecified atom stereocenters. The first-order valence-corrected chi connectivity index (χ1v) is 7.47. The van der Waals surface area contributed by atoms with Crippen LogP contribution in [0.4, 0.5) is 0 Å². The SMILES string of the molecule is O=C(O)c1ccc(S(=O)(=O)NN2CCOCC2)s1. The Balaban J connectivity index is 2.11. The number of thiophene rings is 1. The minimum absolute atomic E-state index is 0.00245. The number of nitrogens with one attached hydrogen (secondary N) is 1. The number of aromatic carboxylic acids is 1. The largest absolute Gasteiger partial charge is 0.477 e. The number of nitrogens with zero attached hydrogens (tertiary/aromatic N) is 1. The molecule has 0 atom stereocenters. The van der Waals surface area contributed by atoms with Gasteiger partial charge in [-0.2, -0.15) is 0 Å². The Kier molecular flexibility index (Phi) is 3.97. The predicted octanol–water partition coefficient (Wildman–Crippen LogP) is -0.0282. The maximum atomic E-state index is 12.0. The molecule has 1 saturated heterocycles. The lowest BCUT2D eigenvalue weighted by Gasteiger charge is -2.26. The number of morpholine rings is 1. The van der Waals surface area contributed by atoms with E-state index in [9.17, 15) is 13.2 Å². The summed E-state index contributed by atoms with van der Waals surface area (Å²) in [6.07, 6.45) is 0. The van der Waals surface area contributed by atoms with Gasteiger partial charge in [-0.05, 0) is 12.1 Å². The van der Waals surface area contributed by atoms with Crippen LogP contribution in [-0.2, 0) is 14.8 Å². The molecular weight excluding hydrogens is 280 g/mol. The lowest BCUT2D eigenvalue weighted by Crippen LogP contribution is -2.48. The first-order chi connectivity index (χ1) is 8.49. The summed E-state index contributed by atoms with van der Waals surface area (Å²) in [4.78, 5) is 13.1. The van der Waals surface area contributed by atoms with Gasteiger partial charge in [-0.1, -0.05) is 0 Å². The van der Waals surface area contributed by atoms with E-state index in [1.807, 2.05) is 0 Å². The number of ether oxygens (including phenoxy) is 1. The molecule has 0 saturated carbocycles. The molecule has 2 rings (SSSR count). The van der Waals surface area contributed by atoms with Gasteiger partial charge < -0.3 is 9.84 Å². The van der Waals surface area contributed by atoms with E-state index >= 15 is 0 Å². The van der Waals surface area contributed by atoms with Crippen molar-refractivity contribution in [3.05, 3.63) is 17.0 Å². The normalized spacial score (nSPS) is 17.8. The Bertz CT molecular complexity index is 533. The summed E-state index contributed by atoms with van der Waals surface area (Å²) in [5.41, 5.74) is 0. The van der Waals surface area contributed by atoms with Crippen molar-refractivity contribution in [2.45, 2.75) is 4.21 Å². The number of hydrogen-bond donors (Lipinski definition) is 2. The van der Waals surface area contributed by atoms with Crippen LogP contribution in [-0.4, -0.2) is 50.8 Å². The van der Waals surface area contributed by atoms with Crippen LogP contribution in [0.1, 0.15) is 9.67 Å². The van der Waals surface area contributed by atoms with E-state index in [-0.39, 0.29) is 9.09 Å². The van der Waals surface area contributed by atoms with Gasteiger partial charge in [-0.15, -0.1) is 16.2 Å². The molecule has 1 aromatic heterocycles. The van der Waals surface area contributed by atoms with E-state index in [2.05, 4.69) is 4.83 Å². The topological polar surface area (TPSA) is 95.9 Å². The second kappa shape index (κ2) is 5.33. The summed E-state index contributed by atoms with van der Waals surface area (Å²) in [5.74, 6) is -1.13. The van der Waals surface area contributed by atoms with Crippen LogP contribution in [0, 0.1) is 0 Å². The summed E-state index contributed by atoms with van der Waals surface area (Å²) in [7, 11) is -3.70. The molecule has 0 radical (unpaired) electrons. The Labute approximate surface area is 108 Å². The highest BCUT2D eigenvalue weighted by atomic mass is 32.2. The number of sulfonamides is 1. The molecule has 0 amide bonds. The first-order valence-electron chi connectivity index (χ1n) is 5.17. The van der Waals surface area contributed by atoms with Crippen molar-refractivity contribution in [3.63, 3.8) is 0 Å². The standard InChI is InChI=1S/C9H12N2O5S2/c12-9(13)7-1-2-8(17-7)18(14,15)10-11-3-5-16-6-4-11/h1-2,10H,3-6H2,(H,12,13). The number of carbonyl (C=O) groups is 1. The molecule has 0 bridgehead atoms. The van der Waals surface area contributed by atoms with Crippen LogP contribution in [0.3, 0.4) is 0 Å². The highest BCUT2D eigenvalue weighted by molar-refractivity contribution is 7.91. The number of hydrogen-bond acceptors (Lipinski definition) is 6. The van der Waals surface area contributed by atoms with E-state index in [1.165, 1.54) is 12.1 Å². The second-order valence-corrected chi connectivity index (χ2v) is 6.59. The van der Waals surface area contributed by atoms with Crippen molar-refractivity contribution < 1.29 is 23.1 Å². The number of hydrazine groups is 1. The summed E-state index contributed by atoms with van der Waals surface area (Å²) in [5, 5.41) is 10.3. The number of rotatable bonds is 4. The molecule has 0 aromatic carbocycles. The molecule has 0 spiro atoms. The molecule has 2 heterocycles. The maximum Gasteiger partial charge on any atom is 0.345 e. The zero-order chi connectivity index (χ0) is 13.2. The molecule has 1 aliphatic rings. The van der Waals surface area contributed by atoms with Gasteiger partial charge in [0.05, 0.1) is 13.2 Å². The van der Waals surface area contributed by atoms with Crippen LogP contribution >= 0.6 is 11.3 Å². The molecular formula is C9H12N2O5S2. The van der Waals surface area contributed by atoms with E-state index in [0.717, 1.165) is 11.3 Å². The Morgan fingerprint density at radius 2 is 2.06 bits per heavy atom. The van der Waals surface area contributed by atoms with Crippen molar-refractivity contribution in [2.75, 3.05) is 26.3 Å². The van der Waals surface area contributed by atoms with E-state index in [4.69, 9.17) is 9.84 Å². The van der Waals surface area contributed by atoms with E-state index in [0.29, 0.717) is 26.3 Å². The molecule has 1 aromatic rings. The monoisotopic (exact) mass is 292 g/mol. The third kappa shape index (κ3) is 3.06. The molecule has 18 heavy (non-hydrogen) atoms. The zero-order valence-corrected chi connectivity index (χ0v) is 11.0. The van der Waals surface area contributed by atoms with Crippen molar-refractivity contribution in [3.8, 4) is 0 Å². The van der Waals surface area contributed by atoms with Crippen LogP contribution in [0.2, 0.25) is 0 Å². The molecule has 0 aliphatic carbocycles. The van der Waals surface area contributed by atoms with Crippen molar-refractivity contribution in [1.29, 1.82) is 0 Å². The molecule has 1 fully saturated rings. The quantitative estimate of drug-likeness (QED) is 0.809. The summed E-state index contributed by atoms with van der Waals surface area (Å²) >= 11 is 0.729. The number of carboxylic acid groups (broad SMARTS) is 1. The summed E-state index contributed by atoms with van der Waals surface area (Å²) < 4.78 is 29.0. The lowest BCUT2D eigenvalue weighted by molar-refractivity contribution is 0.0272. The van der Waals surface area contributed by atoms with Crippen LogP contribution in [0.5, 0.6) is 0 Å². The molecule has 100 valence electrons. The fourth-order valence-corrected chi connectivity index (χ4v) is 3.70. The third-order valence-corrected chi connectivity index (χ3v) is 5.26. The minimum Gasteiger partial charge on any atom is -0.477 e. The Morgan fingerprint density at radius 1 is 1.39 bits per heavy atom. The Morgan fingerprint density at radius 3 is 2.61 bits per heavy atom. The highest BCUT2D eigenvalue weighted by Gasteiger charge is 2.22. The van der Waals surface area contributed by atoms with Gasteiger partial charge in [-0.25, -0.2) is 18.2 Å². The van der Waals surface area contributed by atoms with Crippen LogP contribution in [0.25, 0.3) is 0 Å². The second-order valence-electron chi connectivity index (χ2n) is 3.62. The lowest BCUT2D eigenvalue weighted by atomic mass is 10.5. The maximum absolute atomic E-state index is 12.0. The van der Waals surface area contributed by atoms with Gasteiger partial charge in [0.2, 0.25) is 0 Å². The fraction of sp³-hybridized carbons (Fsp3) is 0.444. The summed E-state index contributed by atoms with van der Waals surface area (Å²) in [6.45, 7) is 1.87.